The van der Waals surface area contributed by atoms with Crippen LogP contribution in [0.2, 0.25) is 0 Å². The van der Waals surface area contributed by atoms with Gasteiger partial charge >= 0.3 is 11.8 Å². The van der Waals surface area contributed by atoms with Crippen LogP contribution in [0.4, 0.5) is 0 Å². The Bertz CT molecular complexity index is 492. The number of ether oxygens (including phenoxy) is 1. The van der Waals surface area contributed by atoms with Crippen LogP contribution in [0.5, 0.6) is 0 Å². The van der Waals surface area contributed by atoms with Crippen molar-refractivity contribution in [2.75, 3.05) is 39.3 Å². The number of fused-ring (bicyclic) bond motifs is 1. The van der Waals surface area contributed by atoms with E-state index in [1.807, 2.05) is 6.92 Å². The summed E-state index contributed by atoms with van der Waals surface area (Å²) in [5.41, 5.74) is 0. The second-order valence-electron chi connectivity index (χ2n) is 6.41. The Morgan fingerprint density at radius 3 is 3.00 bits per heavy atom. The van der Waals surface area contributed by atoms with E-state index in [2.05, 4.69) is 15.5 Å². The van der Waals surface area contributed by atoms with Crippen molar-refractivity contribution in [3.05, 3.63) is 0 Å². The van der Waals surface area contributed by atoms with Crippen LogP contribution in [0.3, 0.4) is 0 Å². The van der Waals surface area contributed by atoms with Gasteiger partial charge in [-0.2, -0.15) is 0 Å². The number of hydrogen-bond donors (Lipinski definition) is 2. The SMILES string of the molecule is CC(C(=O)NCC1CCCO1)N1CCN2C(=O)C(=O)NCC2C1. The second-order valence-corrected chi connectivity index (χ2v) is 6.41. The molecule has 0 saturated carbocycles. The molecule has 0 spiro atoms. The number of rotatable bonds is 4. The molecule has 0 aliphatic carbocycles. The highest BCUT2D eigenvalue weighted by Crippen LogP contribution is 2.16. The van der Waals surface area contributed by atoms with Crippen molar-refractivity contribution in [3.63, 3.8) is 0 Å². The number of amides is 3. The van der Waals surface area contributed by atoms with Crippen LogP contribution in [0.1, 0.15) is 19.8 Å². The van der Waals surface area contributed by atoms with Crippen molar-refractivity contribution in [3.8, 4) is 0 Å². The number of piperazine rings is 2. The third-order valence-corrected chi connectivity index (χ3v) is 4.92. The maximum absolute atomic E-state index is 12.3. The van der Waals surface area contributed by atoms with Crippen molar-refractivity contribution >= 4 is 17.7 Å². The molecule has 3 saturated heterocycles. The molecule has 3 fully saturated rings. The van der Waals surface area contributed by atoms with Crippen LogP contribution in [0.15, 0.2) is 0 Å². The van der Waals surface area contributed by atoms with Crippen molar-refractivity contribution in [1.29, 1.82) is 0 Å². The smallest absolute Gasteiger partial charge is 0.312 e. The standard InChI is InChI=1S/C15H24N4O4/c1-10(13(20)17-8-12-3-2-6-23-12)18-4-5-19-11(9-18)7-16-14(21)15(19)22/h10-12H,2-9H2,1H3,(H,16,21)(H,17,20). The lowest BCUT2D eigenvalue weighted by molar-refractivity contribution is -0.153. The normalized spacial score (nSPS) is 29.9. The van der Waals surface area contributed by atoms with E-state index in [0.29, 0.717) is 32.7 Å². The predicted octanol–water partition coefficient (Wildman–Crippen LogP) is -1.69. The summed E-state index contributed by atoms with van der Waals surface area (Å²) < 4.78 is 5.51. The van der Waals surface area contributed by atoms with Gasteiger partial charge in [0.05, 0.1) is 18.2 Å². The molecular formula is C15H24N4O4. The third-order valence-electron chi connectivity index (χ3n) is 4.92. The van der Waals surface area contributed by atoms with Crippen molar-refractivity contribution < 1.29 is 19.1 Å². The van der Waals surface area contributed by atoms with Crippen molar-refractivity contribution in [2.24, 2.45) is 0 Å². The van der Waals surface area contributed by atoms with E-state index in [4.69, 9.17) is 4.74 Å². The maximum Gasteiger partial charge on any atom is 0.312 e. The molecule has 128 valence electrons. The average molecular weight is 324 g/mol. The molecule has 0 aromatic carbocycles. The van der Waals surface area contributed by atoms with Crippen molar-refractivity contribution in [2.45, 2.75) is 38.0 Å². The fraction of sp³-hybridized carbons (Fsp3) is 0.800. The van der Waals surface area contributed by atoms with Gasteiger partial charge in [-0.15, -0.1) is 0 Å². The molecule has 0 bridgehead atoms. The lowest BCUT2D eigenvalue weighted by Gasteiger charge is -2.44. The Labute approximate surface area is 135 Å². The zero-order chi connectivity index (χ0) is 16.4. The van der Waals surface area contributed by atoms with Crippen LogP contribution in [-0.2, 0) is 19.1 Å². The van der Waals surface area contributed by atoms with Gasteiger partial charge < -0.3 is 20.3 Å². The lowest BCUT2D eigenvalue weighted by atomic mass is 10.1. The van der Waals surface area contributed by atoms with Gasteiger partial charge in [-0.3, -0.25) is 19.3 Å². The summed E-state index contributed by atoms with van der Waals surface area (Å²) in [6.45, 7) is 5.35. The van der Waals surface area contributed by atoms with E-state index in [-0.39, 0.29) is 24.1 Å². The van der Waals surface area contributed by atoms with Gasteiger partial charge in [-0.1, -0.05) is 0 Å². The van der Waals surface area contributed by atoms with Gasteiger partial charge in [-0.05, 0) is 19.8 Å². The van der Waals surface area contributed by atoms with Crippen LogP contribution in [0, 0.1) is 0 Å². The monoisotopic (exact) mass is 324 g/mol. The summed E-state index contributed by atoms with van der Waals surface area (Å²) in [5, 5.41) is 5.56. The highest BCUT2D eigenvalue weighted by molar-refractivity contribution is 6.35. The molecule has 8 heteroatoms. The third kappa shape index (κ3) is 3.48. The summed E-state index contributed by atoms with van der Waals surface area (Å²) in [6, 6.07) is -0.311. The summed E-state index contributed by atoms with van der Waals surface area (Å²) in [4.78, 5) is 39.2. The lowest BCUT2D eigenvalue weighted by Crippen LogP contribution is -2.67. The molecule has 3 rings (SSSR count). The molecule has 3 aliphatic rings. The Kier molecular flexibility index (Phi) is 4.82. The first-order valence-electron chi connectivity index (χ1n) is 8.28. The number of carbonyl (C=O) groups excluding carboxylic acids is 3. The molecule has 3 unspecified atom stereocenters. The second kappa shape index (κ2) is 6.84. The Morgan fingerprint density at radius 2 is 2.26 bits per heavy atom. The van der Waals surface area contributed by atoms with Gasteiger partial charge in [-0.25, -0.2) is 0 Å². The average Bonchev–Trinajstić information content (AvgIpc) is 3.08. The molecule has 2 N–H and O–H groups in total. The molecule has 3 heterocycles. The highest BCUT2D eigenvalue weighted by atomic mass is 16.5. The zero-order valence-corrected chi connectivity index (χ0v) is 13.4. The van der Waals surface area contributed by atoms with Gasteiger partial charge in [0.25, 0.3) is 0 Å². The Hall–Kier alpha value is -1.67. The van der Waals surface area contributed by atoms with E-state index in [9.17, 15) is 14.4 Å². The van der Waals surface area contributed by atoms with Gasteiger partial charge in [0.2, 0.25) is 5.91 Å². The minimum atomic E-state index is -0.531. The van der Waals surface area contributed by atoms with Gasteiger partial charge in [0, 0.05) is 39.3 Å². The maximum atomic E-state index is 12.3. The van der Waals surface area contributed by atoms with Gasteiger partial charge in [0.1, 0.15) is 0 Å². The first-order chi connectivity index (χ1) is 11.1. The molecule has 0 aromatic heterocycles. The fourth-order valence-corrected chi connectivity index (χ4v) is 3.42. The summed E-state index contributed by atoms with van der Waals surface area (Å²) in [7, 11) is 0. The van der Waals surface area contributed by atoms with Crippen molar-refractivity contribution in [1.82, 2.24) is 20.4 Å². The first kappa shape index (κ1) is 16.2. The number of nitrogens with one attached hydrogen (secondary N) is 2. The summed E-state index contributed by atoms with van der Waals surface area (Å²) in [5.74, 6) is -1.01. The van der Waals surface area contributed by atoms with Gasteiger partial charge in [0.15, 0.2) is 0 Å². The number of carbonyl (C=O) groups is 3. The number of hydrogen-bond acceptors (Lipinski definition) is 5. The minimum absolute atomic E-state index is 0.0138. The van der Waals surface area contributed by atoms with E-state index in [1.54, 1.807) is 4.90 Å². The quantitative estimate of drug-likeness (QED) is 0.603. The topological polar surface area (TPSA) is 91.0 Å². The zero-order valence-electron chi connectivity index (χ0n) is 13.4. The highest BCUT2D eigenvalue weighted by Gasteiger charge is 2.39. The van der Waals surface area contributed by atoms with E-state index >= 15 is 0 Å². The van der Waals surface area contributed by atoms with Crippen LogP contribution >= 0.6 is 0 Å². The molecule has 0 aromatic rings. The number of nitrogens with zero attached hydrogens (tertiary/aromatic N) is 2. The van der Waals surface area contributed by atoms with Crippen LogP contribution in [-0.4, -0.2) is 85.0 Å². The van der Waals surface area contributed by atoms with Crippen LogP contribution < -0.4 is 10.6 Å². The summed E-state index contributed by atoms with van der Waals surface area (Å²) in [6.07, 6.45) is 2.19. The molecule has 23 heavy (non-hydrogen) atoms. The molecule has 3 atom stereocenters. The molecular weight excluding hydrogens is 300 g/mol. The first-order valence-corrected chi connectivity index (χ1v) is 8.28. The minimum Gasteiger partial charge on any atom is -0.376 e. The largest absolute Gasteiger partial charge is 0.376 e. The Morgan fingerprint density at radius 1 is 1.43 bits per heavy atom. The van der Waals surface area contributed by atoms with Crippen LogP contribution in [0.25, 0.3) is 0 Å². The Balaban J connectivity index is 1.50. The van der Waals surface area contributed by atoms with E-state index in [0.717, 1.165) is 19.4 Å². The van der Waals surface area contributed by atoms with E-state index < -0.39 is 11.8 Å². The fourth-order valence-electron chi connectivity index (χ4n) is 3.42. The molecule has 3 aliphatic heterocycles. The molecule has 0 radical (unpaired) electrons. The molecule has 8 nitrogen and oxygen atoms in total. The van der Waals surface area contributed by atoms with E-state index in [1.165, 1.54) is 0 Å². The summed E-state index contributed by atoms with van der Waals surface area (Å²) >= 11 is 0. The predicted molar refractivity (Wildman–Crippen MR) is 81.5 cm³/mol. The molecule has 3 amide bonds.